The lowest BCUT2D eigenvalue weighted by molar-refractivity contribution is -0.303. The van der Waals surface area contributed by atoms with Gasteiger partial charge in [-0.15, -0.1) is 0 Å². The van der Waals surface area contributed by atoms with E-state index in [1.54, 1.807) is 0 Å². The molecule has 2 saturated carbocycles. The second-order valence-corrected chi connectivity index (χ2v) is 10.8. The quantitative estimate of drug-likeness (QED) is 0.197. The highest BCUT2D eigenvalue weighted by atomic mass is 17.2. The van der Waals surface area contributed by atoms with Gasteiger partial charge in [-0.25, -0.2) is 0 Å². The molecule has 4 aliphatic rings. The third-order valence-corrected chi connectivity index (χ3v) is 8.66. The molecule has 1 heterocycles. The van der Waals surface area contributed by atoms with Crippen LogP contribution < -0.4 is 0 Å². The molecule has 0 amide bonds. The molecule has 1 N–H and O–H groups in total. The van der Waals surface area contributed by atoms with Crippen molar-refractivity contribution >= 4 is 5.97 Å². The normalized spacial score (nSPS) is 42.8. The monoisotopic (exact) mass is 448 g/mol. The van der Waals surface area contributed by atoms with Crippen LogP contribution in [0.15, 0.2) is 24.0 Å². The summed E-state index contributed by atoms with van der Waals surface area (Å²) in [6.45, 7) is 12.8. The Morgan fingerprint density at radius 1 is 1.28 bits per heavy atom. The summed E-state index contributed by atoms with van der Waals surface area (Å²) in [5.74, 6) is 0.800. The van der Waals surface area contributed by atoms with E-state index < -0.39 is 6.10 Å². The number of hydrogen-bond acceptors (Lipinski definition) is 6. The Balaban J connectivity index is 1.49. The molecule has 0 bridgehead atoms. The Bertz CT molecular complexity index is 761. The third-order valence-electron chi connectivity index (χ3n) is 8.66. The number of hydrogen-bond donors (Lipinski definition) is 1. The number of aliphatic hydroxyl groups is 1. The van der Waals surface area contributed by atoms with Gasteiger partial charge in [0.25, 0.3) is 0 Å². The zero-order chi connectivity index (χ0) is 23.1. The van der Waals surface area contributed by atoms with E-state index in [9.17, 15) is 9.90 Å². The average Bonchev–Trinajstić information content (AvgIpc) is 3.09. The van der Waals surface area contributed by atoms with Gasteiger partial charge in [-0.3, -0.25) is 4.79 Å². The average molecular weight is 449 g/mol. The predicted molar refractivity (Wildman–Crippen MR) is 120 cm³/mol. The Morgan fingerprint density at radius 2 is 2.06 bits per heavy atom. The number of rotatable bonds is 7. The molecule has 4 rings (SSSR count). The van der Waals surface area contributed by atoms with E-state index in [0.717, 1.165) is 44.9 Å². The second kappa shape index (κ2) is 9.11. The van der Waals surface area contributed by atoms with Crippen LogP contribution in [0.25, 0.3) is 0 Å². The summed E-state index contributed by atoms with van der Waals surface area (Å²) >= 11 is 0. The van der Waals surface area contributed by atoms with E-state index in [2.05, 4.69) is 33.4 Å². The molecular formula is C26H40O6. The lowest BCUT2D eigenvalue weighted by atomic mass is 9.54. The number of allylic oxidation sites excluding steroid dienone is 1. The highest BCUT2D eigenvalue weighted by molar-refractivity contribution is 5.69. The molecule has 4 unspecified atom stereocenters. The van der Waals surface area contributed by atoms with Crippen LogP contribution in [0.1, 0.15) is 79.1 Å². The van der Waals surface area contributed by atoms with Crippen LogP contribution in [0.2, 0.25) is 0 Å². The van der Waals surface area contributed by atoms with Crippen molar-refractivity contribution in [2.24, 2.45) is 22.7 Å². The minimum absolute atomic E-state index is 0.0193. The maximum atomic E-state index is 12.0. The SMILES string of the molecule is C=C(CCC)OO[C@H]1CC[C@@]2(C)C(=C[C@H](O)C3C4CCC(OC(=O)CC)[C@@]4(C)COC32)C1. The first-order valence-corrected chi connectivity index (χ1v) is 12.4. The fraction of sp³-hybridized carbons (Fsp3) is 0.808. The maximum absolute atomic E-state index is 12.0. The Labute approximate surface area is 192 Å². The molecule has 0 spiro atoms. The van der Waals surface area contributed by atoms with E-state index in [1.165, 1.54) is 5.57 Å². The molecular weight excluding hydrogens is 408 g/mol. The molecule has 3 aliphatic carbocycles. The summed E-state index contributed by atoms with van der Waals surface area (Å²) < 4.78 is 12.4. The number of carbonyl (C=O) groups excluding carboxylic acids is 1. The molecule has 32 heavy (non-hydrogen) atoms. The van der Waals surface area contributed by atoms with Crippen molar-refractivity contribution in [1.82, 2.24) is 0 Å². The number of aliphatic hydroxyl groups excluding tert-OH is 1. The molecule has 0 radical (unpaired) electrons. The summed E-state index contributed by atoms with van der Waals surface area (Å²) in [6, 6.07) is 0. The number of esters is 1. The molecule has 6 nitrogen and oxygen atoms in total. The molecule has 6 heteroatoms. The highest BCUT2D eigenvalue weighted by Gasteiger charge is 2.62. The first-order valence-electron chi connectivity index (χ1n) is 12.4. The van der Waals surface area contributed by atoms with Crippen LogP contribution in [-0.2, 0) is 24.0 Å². The number of fused-ring (bicyclic) bond motifs is 5. The van der Waals surface area contributed by atoms with Crippen LogP contribution in [0.5, 0.6) is 0 Å². The van der Waals surface area contributed by atoms with Crippen molar-refractivity contribution in [3.05, 3.63) is 24.0 Å². The van der Waals surface area contributed by atoms with Crippen molar-refractivity contribution < 1.29 is 29.1 Å². The van der Waals surface area contributed by atoms with Crippen LogP contribution in [0.3, 0.4) is 0 Å². The first-order chi connectivity index (χ1) is 15.2. The van der Waals surface area contributed by atoms with Crippen molar-refractivity contribution in [1.29, 1.82) is 0 Å². The zero-order valence-electron chi connectivity index (χ0n) is 20.1. The van der Waals surface area contributed by atoms with Crippen LogP contribution >= 0.6 is 0 Å². The van der Waals surface area contributed by atoms with Gasteiger partial charge in [0.1, 0.15) is 18.0 Å². The smallest absolute Gasteiger partial charge is 0.305 e. The molecule has 0 aromatic rings. The van der Waals surface area contributed by atoms with E-state index in [0.29, 0.717) is 18.8 Å². The van der Waals surface area contributed by atoms with Crippen molar-refractivity contribution in [3.8, 4) is 0 Å². The lowest BCUT2D eigenvalue weighted by Gasteiger charge is -2.58. The fourth-order valence-corrected chi connectivity index (χ4v) is 6.76. The molecule has 180 valence electrons. The van der Waals surface area contributed by atoms with Crippen LogP contribution in [-0.4, -0.2) is 42.1 Å². The summed E-state index contributed by atoms with van der Waals surface area (Å²) in [4.78, 5) is 23.1. The minimum Gasteiger partial charge on any atom is -0.462 e. The molecule has 3 fully saturated rings. The standard InChI is InChI=1S/C26H40O6/c1-6-8-16(3)31-32-18-11-12-25(4)17(13-18)14-20(27)23-19-9-10-21(30-22(28)7-2)26(19,5)15-29-24(23)25/h14,18-21,23-24,27H,3,6-13,15H2,1-2,4-5H3/t18-,19?,20-,21?,23?,24?,25-,26-/m0/s1. The van der Waals surface area contributed by atoms with Gasteiger partial charge in [0.05, 0.1) is 18.8 Å². The van der Waals surface area contributed by atoms with Gasteiger partial charge in [-0.2, -0.15) is 4.89 Å². The lowest BCUT2D eigenvalue weighted by Crippen LogP contribution is -2.61. The zero-order valence-corrected chi connectivity index (χ0v) is 20.1. The van der Waals surface area contributed by atoms with E-state index in [-0.39, 0.29) is 46.9 Å². The van der Waals surface area contributed by atoms with Gasteiger partial charge < -0.3 is 19.5 Å². The second-order valence-electron chi connectivity index (χ2n) is 10.8. The largest absolute Gasteiger partial charge is 0.462 e. The van der Waals surface area contributed by atoms with Crippen molar-refractivity contribution in [3.63, 3.8) is 0 Å². The predicted octanol–water partition coefficient (Wildman–Crippen LogP) is 4.86. The fourth-order valence-electron chi connectivity index (χ4n) is 6.76. The van der Waals surface area contributed by atoms with Crippen LogP contribution in [0, 0.1) is 22.7 Å². The van der Waals surface area contributed by atoms with Gasteiger partial charge in [0.15, 0.2) is 0 Å². The Hall–Kier alpha value is -1.37. The highest BCUT2D eigenvalue weighted by Crippen LogP contribution is 2.61. The minimum atomic E-state index is -0.567. The molecule has 1 aliphatic heterocycles. The summed E-state index contributed by atoms with van der Waals surface area (Å²) in [5, 5.41) is 11.3. The van der Waals surface area contributed by atoms with Gasteiger partial charge in [-0.1, -0.05) is 45.9 Å². The Morgan fingerprint density at radius 3 is 2.78 bits per heavy atom. The van der Waals surface area contributed by atoms with Crippen molar-refractivity contribution in [2.45, 2.75) is 103 Å². The van der Waals surface area contributed by atoms with E-state index in [4.69, 9.17) is 19.2 Å². The molecule has 0 aromatic heterocycles. The van der Waals surface area contributed by atoms with Gasteiger partial charge in [0, 0.05) is 29.6 Å². The third kappa shape index (κ3) is 4.03. The van der Waals surface area contributed by atoms with E-state index >= 15 is 0 Å². The van der Waals surface area contributed by atoms with Crippen LogP contribution in [0.4, 0.5) is 0 Å². The first kappa shape index (κ1) is 23.8. The Kier molecular flexibility index (Phi) is 6.77. The molecule has 0 aromatic carbocycles. The van der Waals surface area contributed by atoms with Gasteiger partial charge in [-0.05, 0) is 44.4 Å². The number of ether oxygens (including phenoxy) is 2. The topological polar surface area (TPSA) is 74.2 Å². The molecule has 8 atom stereocenters. The summed E-state index contributed by atoms with van der Waals surface area (Å²) in [6.07, 6.45) is 7.77. The molecule has 1 saturated heterocycles. The number of carbonyl (C=O) groups is 1. The summed E-state index contributed by atoms with van der Waals surface area (Å²) in [5.41, 5.74) is 0.842. The summed E-state index contributed by atoms with van der Waals surface area (Å²) in [7, 11) is 0. The van der Waals surface area contributed by atoms with Gasteiger partial charge in [0.2, 0.25) is 0 Å². The maximum Gasteiger partial charge on any atom is 0.305 e. The van der Waals surface area contributed by atoms with E-state index in [1.807, 2.05) is 6.92 Å². The van der Waals surface area contributed by atoms with Gasteiger partial charge >= 0.3 is 5.97 Å². The van der Waals surface area contributed by atoms with Crippen molar-refractivity contribution in [2.75, 3.05) is 6.61 Å².